The third-order valence-corrected chi connectivity index (χ3v) is 7.76. The molecule has 1 amide bonds. The van der Waals surface area contributed by atoms with E-state index in [1.807, 2.05) is 28.8 Å². The largest absolute Gasteiger partial charge is 0.369 e. The Bertz CT molecular complexity index is 957. The lowest BCUT2D eigenvalue weighted by atomic mass is 9.89. The molecule has 3 aliphatic rings. The number of carbonyl (C=O) groups excluding carboxylic acids is 1. The Morgan fingerprint density at radius 2 is 1.78 bits per heavy atom. The van der Waals surface area contributed by atoms with Gasteiger partial charge in [0.25, 0.3) is 5.91 Å². The van der Waals surface area contributed by atoms with E-state index in [2.05, 4.69) is 21.9 Å². The van der Waals surface area contributed by atoms with E-state index >= 15 is 0 Å². The molecule has 1 aromatic heterocycles. The third-order valence-electron chi connectivity index (χ3n) is 7.53. The number of aromatic nitrogens is 2. The number of amides is 1. The van der Waals surface area contributed by atoms with Crippen molar-refractivity contribution in [2.24, 2.45) is 7.05 Å². The molecule has 6 nitrogen and oxygen atoms in total. The smallest absolute Gasteiger partial charge is 0.274 e. The lowest BCUT2D eigenvalue weighted by Gasteiger charge is -2.41. The standard InChI is InChI=1S/C25H34ClN5O/c1-28-23-10-9-21(30-15-13-29(14-16-30)20-8-6-7-19(26)17-20)18-22(23)24(27-28)25(32)31-11-4-2-3-5-12-31/h6-8,17,21H,2-5,9-16,18H2,1H3/t21-/m1/s1. The summed E-state index contributed by atoms with van der Waals surface area (Å²) in [7, 11) is 2.00. The van der Waals surface area contributed by atoms with Crippen LogP contribution in [0.1, 0.15) is 53.8 Å². The van der Waals surface area contributed by atoms with Crippen LogP contribution in [0.3, 0.4) is 0 Å². The molecule has 2 aromatic rings. The van der Waals surface area contributed by atoms with E-state index < -0.39 is 0 Å². The van der Waals surface area contributed by atoms with Gasteiger partial charge in [-0.25, -0.2) is 0 Å². The number of rotatable bonds is 3. The van der Waals surface area contributed by atoms with Crippen molar-refractivity contribution in [1.29, 1.82) is 0 Å². The molecule has 5 rings (SSSR count). The number of halogens is 1. The number of piperazine rings is 1. The van der Waals surface area contributed by atoms with Crippen molar-refractivity contribution < 1.29 is 4.79 Å². The second-order valence-electron chi connectivity index (χ2n) is 9.50. The molecule has 32 heavy (non-hydrogen) atoms. The minimum atomic E-state index is 0.148. The Balaban J connectivity index is 1.27. The molecule has 0 bridgehead atoms. The van der Waals surface area contributed by atoms with E-state index in [-0.39, 0.29) is 5.91 Å². The van der Waals surface area contributed by atoms with Crippen molar-refractivity contribution in [2.75, 3.05) is 44.2 Å². The first-order valence-corrected chi connectivity index (χ1v) is 12.6. The summed E-state index contributed by atoms with van der Waals surface area (Å²) in [4.78, 5) is 20.5. The Kier molecular flexibility index (Phi) is 6.42. The van der Waals surface area contributed by atoms with Crippen LogP contribution in [0.4, 0.5) is 5.69 Å². The second-order valence-corrected chi connectivity index (χ2v) is 9.94. The van der Waals surface area contributed by atoms with Crippen LogP contribution in [0.5, 0.6) is 0 Å². The minimum Gasteiger partial charge on any atom is -0.369 e. The van der Waals surface area contributed by atoms with Gasteiger partial charge >= 0.3 is 0 Å². The molecule has 0 radical (unpaired) electrons. The quantitative estimate of drug-likeness (QED) is 0.706. The summed E-state index contributed by atoms with van der Waals surface area (Å²) in [5.41, 5.74) is 4.39. The summed E-state index contributed by atoms with van der Waals surface area (Å²) in [6.45, 7) is 5.86. The Morgan fingerprint density at radius 3 is 2.50 bits per heavy atom. The van der Waals surface area contributed by atoms with Crippen molar-refractivity contribution in [3.8, 4) is 0 Å². The summed E-state index contributed by atoms with van der Waals surface area (Å²) in [5, 5.41) is 5.52. The van der Waals surface area contributed by atoms with Gasteiger partial charge in [-0.05, 0) is 50.3 Å². The lowest BCUT2D eigenvalue weighted by molar-refractivity contribution is 0.0753. The fraction of sp³-hybridized carbons (Fsp3) is 0.600. The number of hydrogen-bond donors (Lipinski definition) is 0. The highest BCUT2D eigenvalue weighted by Crippen LogP contribution is 2.30. The van der Waals surface area contributed by atoms with Crippen LogP contribution < -0.4 is 4.90 Å². The van der Waals surface area contributed by atoms with Crippen LogP contribution in [0.25, 0.3) is 0 Å². The molecule has 0 N–H and O–H groups in total. The number of benzene rings is 1. The Morgan fingerprint density at radius 1 is 1.03 bits per heavy atom. The third kappa shape index (κ3) is 4.40. The maximum atomic E-state index is 13.4. The van der Waals surface area contributed by atoms with Crippen molar-refractivity contribution in [3.63, 3.8) is 0 Å². The summed E-state index contributed by atoms with van der Waals surface area (Å²) >= 11 is 6.19. The number of aryl methyl sites for hydroxylation is 1. The number of hydrogen-bond acceptors (Lipinski definition) is 4. The van der Waals surface area contributed by atoms with E-state index in [1.54, 1.807) is 0 Å². The molecular formula is C25H34ClN5O. The molecule has 1 aromatic carbocycles. The number of fused-ring (bicyclic) bond motifs is 1. The first-order chi connectivity index (χ1) is 15.6. The van der Waals surface area contributed by atoms with Crippen LogP contribution >= 0.6 is 11.6 Å². The molecule has 1 atom stereocenters. The summed E-state index contributed by atoms with van der Waals surface area (Å²) < 4.78 is 1.97. The van der Waals surface area contributed by atoms with Crippen molar-refractivity contribution in [1.82, 2.24) is 19.6 Å². The van der Waals surface area contributed by atoms with E-state index in [9.17, 15) is 4.79 Å². The fourth-order valence-electron chi connectivity index (χ4n) is 5.70. The zero-order chi connectivity index (χ0) is 22.1. The normalized spacial score (nSPS) is 22.5. The van der Waals surface area contributed by atoms with Crippen LogP contribution in [-0.4, -0.2) is 70.8 Å². The average molecular weight is 456 g/mol. The van der Waals surface area contributed by atoms with Crippen molar-refractivity contribution in [3.05, 3.63) is 46.2 Å². The van der Waals surface area contributed by atoms with Crippen LogP contribution in [0, 0.1) is 0 Å². The van der Waals surface area contributed by atoms with Gasteiger partial charge in [0.15, 0.2) is 5.69 Å². The minimum absolute atomic E-state index is 0.148. The van der Waals surface area contributed by atoms with Gasteiger partial charge < -0.3 is 9.80 Å². The van der Waals surface area contributed by atoms with Gasteiger partial charge in [0.2, 0.25) is 0 Å². The summed E-state index contributed by atoms with van der Waals surface area (Å²) in [6, 6.07) is 8.65. The number of carbonyl (C=O) groups is 1. The molecule has 0 spiro atoms. The summed E-state index contributed by atoms with van der Waals surface area (Å²) in [5.74, 6) is 0.148. The van der Waals surface area contributed by atoms with Gasteiger partial charge in [0.1, 0.15) is 0 Å². The van der Waals surface area contributed by atoms with Crippen molar-refractivity contribution >= 4 is 23.2 Å². The predicted octanol–water partition coefficient (Wildman–Crippen LogP) is 3.77. The zero-order valence-corrected chi connectivity index (χ0v) is 19.9. The van der Waals surface area contributed by atoms with Crippen LogP contribution in [-0.2, 0) is 19.9 Å². The molecule has 2 aliphatic heterocycles. The maximum absolute atomic E-state index is 13.4. The van der Waals surface area contributed by atoms with Gasteiger partial charge in [0.05, 0.1) is 0 Å². The van der Waals surface area contributed by atoms with Gasteiger partial charge in [0, 0.05) is 74.3 Å². The van der Waals surface area contributed by atoms with Gasteiger partial charge in [-0.15, -0.1) is 0 Å². The van der Waals surface area contributed by atoms with Gasteiger partial charge in [-0.2, -0.15) is 5.10 Å². The highest BCUT2D eigenvalue weighted by atomic mass is 35.5. The zero-order valence-electron chi connectivity index (χ0n) is 19.1. The highest BCUT2D eigenvalue weighted by molar-refractivity contribution is 6.30. The Hall–Kier alpha value is -2.05. The van der Waals surface area contributed by atoms with E-state index in [0.717, 1.165) is 76.4 Å². The first kappa shape index (κ1) is 21.8. The summed E-state index contributed by atoms with van der Waals surface area (Å²) in [6.07, 6.45) is 7.77. The Labute approximate surface area is 196 Å². The van der Waals surface area contributed by atoms with Crippen molar-refractivity contribution in [2.45, 2.75) is 51.0 Å². The van der Waals surface area contributed by atoms with E-state index in [1.165, 1.54) is 29.8 Å². The molecule has 3 heterocycles. The fourth-order valence-corrected chi connectivity index (χ4v) is 5.88. The number of likely N-dealkylation sites (tertiary alicyclic amines) is 1. The second kappa shape index (κ2) is 9.44. The van der Waals surface area contributed by atoms with E-state index in [4.69, 9.17) is 16.7 Å². The molecule has 2 fully saturated rings. The lowest BCUT2D eigenvalue weighted by Crippen LogP contribution is -2.52. The van der Waals surface area contributed by atoms with Gasteiger partial charge in [-0.1, -0.05) is 30.5 Å². The SMILES string of the molecule is Cn1nc(C(=O)N2CCCCCC2)c2c1CC[C@@H](N1CCN(c3cccc(Cl)c3)CC1)C2. The van der Waals surface area contributed by atoms with Crippen LogP contribution in [0.2, 0.25) is 5.02 Å². The highest BCUT2D eigenvalue weighted by Gasteiger charge is 2.33. The average Bonchev–Trinajstić information content (AvgIpc) is 2.98. The number of anilines is 1. The first-order valence-electron chi connectivity index (χ1n) is 12.2. The number of nitrogens with zero attached hydrogens (tertiary/aromatic N) is 5. The topological polar surface area (TPSA) is 44.6 Å². The molecule has 0 saturated carbocycles. The molecule has 7 heteroatoms. The molecule has 172 valence electrons. The molecule has 0 unspecified atom stereocenters. The molecule has 1 aliphatic carbocycles. The predicted molar refractivity (Wildman–Crippen MR) is 129 cm³/mol. The van der Waals surface area contributed by atoms with Gasteiger partial charge in [-0.3, -0.25) is 14.4 Å². The monoisotopic (exact) mass is 455 g/mol. The van der Waals surface area contributed by atoms with Crippen LogP contribution in [0.15, 0.2) is 24.3 Å². The molecular weight excluding hydrogens is 422 g/mol. The molecule has 2 saturated heterocycles. The van der Waals surface area contributed by atoms with E-state index in [0.29, 0.717) is 11.7 Å². The maximum Gasteiger partial charge on any atom is 0.274 e.